The minimum Gasteiger partial charge on any atom is -0.369 e. The first-order chi connectivity index (χ1) is 12.3. The van der Waals surface area contributed by atoms with Crippen LogP contribution >= 0.6 is 0 Å². The van der Waals surface area contributed by atoms with E-state index in [0.717, 1.165) is 42.9 Å². The third-order valence-corrected chi connectivity index (χ3v) is 4.53. The molecule has 3 aromatic rings. The fourth-order valence-corrected chi connectivity index (χ4v) is 3.18. The van der Waals surface area contributed by atoms with Crippen molar-refractivity contribution >= 4 is 22.7 Å². The molecule has 0 spiro atoms. The first-order valence-corrected chi connectivity index (χ1v) is 8.39. The number of nitriles is 1. The van der Waals surface area contributed by atoms with E-state index in [2.05, 4.69) is 26.3 Å². The number of fused-ring (bicyclic) bond motifs is 1. The zero-order valence-corrected chi connectivity index (χ0v) is 13.8. The Morgan fingerprint density at radius 1 is 1.16 bits per heavy atom. The second kappa shape index (κ2) is 6.73. The van der Waals surface area contributed by atoms with Crippen molar-refractivity contribution in [2.75, 3.05) is 29.9 Å². The van der Waals surface area contributed by atoms with Crippen molar-refractivity contribution < 1.29 is 0 Å². The van der Waals surface area contributed by atoms with Crippen LogP contribution in [0.25, 0.3) is 11.0 Å². The molecular weight excluding hydrogens is 312 g/mol. The van der Waals surface area contributed by atoms with Gasteiger partial charge < -0.3 is 10.2 Å². The fraction of sp³-hybridized carbons (Fsp3) is 0.263. The molecule has 3 heterocycles. The van der Waals surface area contributed by atoms with Crippen LogP contribution in [-0.2, 0) is 0 Å². The van der Waals surface area contributed by atoms with Crippen molar-refractivity contribution in [1.29, 1.82) is 5.26 Å². The van der Waals surface area contributed by atoms with E-state index in [1.54, 1.807) is 18.3 Å². The van der Waals surface area contributed by atoms with Crippen LogP contribution in [0.1, 0.15) is 12.0 Å². The first-order valence-electron chi connectivity index (χ1n) is 8.39. The zero-order chi connectivity index (χ0) is 17.1. The quantitative estimate of drug-likeness (QED) is 0.792. The average Bonchev–Trinajstić information content (AvgIpc) is 3.15. The number of para-hydroxylation sites is 2. The third-order valence-electron chi connectivity index (χ3n) is 4.53. The number of hydrogen-bond donors (Lipinski definition) is 1. The predicted octanol–water partition coefficient (Wildman–Crippen LogP) is 2.83. The summed E-state index contributed by atoms with van der Waals surface area (Å²) in [5, 5.41) is 12.4. The van der Waals surface area contributed by atoms with Gasteiger partial charge >= 0.3 is 0 Å². The zero-order valence-electron chi connectivity index (χ0n) is 13.8. The summed E-state index contributed by atoms with van der Waals surface area (Å²) in [5.41, 5.74) is 2.43. The lowest BCUT2D eigenvalue weighted by Crippen LogP contribution is -2.23. The van der Waals surface area contributed by atoms with E-state index in [1.807, 2.05) is 30.5 Å². The van der Waals surface area contributed by atoms with Gasteiger partial charge in [-0.15, -0.1) is 0 Å². The number of pyridine rings is 1. The van der Waals surface area contributed by atoms with Crippen LogP contribution in [0, 0.1) is 17.2 Å². The van der Waals surface area contributed by atoms with Gasteiger partial charge in [0.05, 0.1) is 22.8 Å². The van der Waals surface area contributed by atoms with Gasteiger partial charge in [0.25, 0.3) is 0 Å². The molecule has 1 aliphatic heterocycles. The van der Waals surface area contributed by atoms with Crippen LogP contribution in [0.15, 0.2) is 48.8 Å². The second-order valence-corrected chi connectivity index (χ2v) is 6.21. The van der Waals surface area contributed by atoms with Gasteiger partial charge in [-0.1, -0.05) is 12.1 Å². The maximum atomic E-state index is 9.13. The van der Waals surface area contributed by atoms with Crippen molar-refractivity contribution in [3.05, 3.63) is 54.4 Å². The SMILES string of the molecule is N#Cc1cccnc1NCC1CCN(c2cnc3ccccc3n2)C1. The van der Waals surface area contributed by atoms with Crippen molar-refractivity contribution in [2.45, 2.75) is 6.42 Å². The molecule has 124 valence electrons. The van der Waals surface area contributed by atoms with Gasteiger partial charge in [0.1, 0.15) is 17.7 Å². The van der Waals surface area contributed by atoms with E-state index in [0.29, 0.717) is 17.3 Å². The lowest BCUT2D eigenvalue weighted by Gasteiger charge is -2.18. The molecule has 0 aliphatic carbocycles. The van der Waals surface area contributed by atoms with Gasteiger partial charge in [0.15, 0.2) is 0 Å². The smallest absolute Gasteiger partial charge is 0.147 e. The van der Waals surface area contributed by atoms with Crippen LogP contribution < -0.4 is 10.2 Å². The molecule has 1 N–H and O–H groups in total. The monoisotopic (exact) mass is 330 g/mol. The molecular formula is C19H18N6. The highest BCUT2D eigenvalue weighted by molar-refractivity contribution is 5.75. The number of hydrogen-bond acceptors (Lipinski definition) is 6. The van der Waals surface area contributed by atoms with Crippen LogP contribution in [0.3, 0.4) is 0 Å². The van der Waals surface area contributed by atoms with E-state index in [4.69, 9.17) is 10.2 Å². The van der Waals surface area contributed by atoms with Gasteiger partial charge in [-0.2, -0.15) is 5.26 Å². The Bertz CT molecular complexity index is 932. The molecule has 2 aromatic heterocycles. The predicted molar refractivity (Wildman–Crippen MR) is 97.3 cm³/mol. The van der Waals surface area contributed by atoms with Crippen molar-refractivity contribution in [3.8, 4) is 6.07 Å². The minimum atomic E-state index is 0.488. The first kappa shape index (κ1) is 15.3. The third kappa shape index (κ3) is 3.22. The number of nitrogens with zero attached hydrogens (tertiary/aromatic N) is 5. The molecule has 0 amide bonds. The molecule has 0 bridgehead atoms. The van der Waals surface area contributed by atoms with Crippen LogP contribution in [-0.4, -0.2) is 34.6 Å². The van der Waals surface area contributed by atoms with E-state index in [1.165, 1.54) is 0 Å². The maximum Gasteiger partial charge on any atom is 0.147 e. The molecule has 1 fully saturated rings. The lowest BCUT2D eigenvalue weighted by molar-refractivity contribution is 0.620. The molecule has 1 saturated heterocycles. The van der Waals surface area contributed by atoms with Crippen molar-refractivity contribution in [3.63, 3.8) is 0 Å². The summed E-state index contributed by atoms with van der Waals surface area (Å²) in [5.74, 6) is 2.08. The number of nitrogens with one attached hydrogen (secondary N) is 1. The van der Waals surface area contributed by atoms with E-state index in [9.17, 15) is 0 Å². The Morgan fingerprint density at radius 3 is 2.92 bits per heavy atom. The molecule has 1 unspecified atom stereocenters. The standard InChI is InChI=1S/C19H18N6/c20-10-15-4-3-8-21-19(15)23-11-14-7-9-25(13-14)18-12-22-16-5-1-2-6-17(16)24-18/h1-6,8,12,14H,7,9,11,13H2,(H,21,23). The van der Waals surface area contributed by atoms with Gasteiger partial charge in [0, 0.05) is 25.8 Å². The summed E-state index contributed by atoms with van der Waals surface area (Å²) in [6.07, 6.45) is 4.63. The maximum absolute atomic E-state index is 9.13. The number of anilines is 2. The summed E-state index contributed by atoms with van der Waals surface area (Å²) in [6.45, 7) is 2.69. The summed E-state index contributed by atoms with van der Waals surface area (Å²) >= 11 is 0. The molecule has 6 nitrogen and oxygen atoms in total. The molecule has 1 atom stereocenters. The lowest BCUT2D eigenvalue weighted by atomic mass is 10.1. The Kier molecular flexibility index (Phi) is 4.13. The van der Waals surface area contributed by atoms with E-state index in [-0.39, 0.29) is 0 Å². The molecule has 25 heavy (non-hydrogen) atoms. The summed E-state index contributed by atoms with van der Waals surface area (Å²) in [7, 11) is 0. The normalized spacial score (nSPS) is 16.8. The van der Waals surface area contributed by atoms with Gasteiger partial charge in [-0.3, -0.25) is 4.98 Å². The molecule has 1 aliphatic rings. The van der Waals surface area contributed by atoms with Crippen molar-refractivity contribution in [2.24, 2.45) is 5.92 Å². The molecule has 6 heteroatoms. The van der Waals surface area contributed by atoms with E-state index >= 15 is 0 Å². The summed E-state index contributed by atoms with van der Waals surface area (Å²) < 4.78 is 0. The minimum absolute atomic E-state index is 0.488. The largest absolute Gasteiger partial charge is 0.369 e. The van der Waals surface area contributed by atoms with Crippen molar-refractivity contribution in [1.82, 2.24) is 15.0 Å². The van der Waals surface area contributed by atoms with Crippen LogP contribution in [0.2, 0.25) is 0 Å². The Hall–Kier alpha value is -3.20. The topological polar surface area (TPSA) is 77.7 Å². The molecule has 1 aromatic carbocycles. The van der Waals surface area contributed by atoms with Gasteiger partial charge in [-0.25, -0.2) is 9.97 Å². The molecule has 4 rings (SSSR count). The fourth-order valence-electron chi connectivity index (χ4n) is 3.18. The highest BCUT2D eigenvalue weighted by atomic mass is 15.2. The number of benzene rings is 1. The Balaban J connectivity index is 1.41. The summed E-state index contributed by atoms with van der Waals surface area (Å²) in [6, 6.07) is 13.6. The van der Waals surface area contributed by atoms with Crippen LogP contribution in [0.5, 0.6) is 0 Å². The highest BCUT2D eigenvalue weighted by Gasteiger charge is 2.24. The average molecular weight is 330 g/mol. The highest BCUT2D eigenvalue weighted by Crippen LogP contribution is 2.23. The number of aromatic nitrogens is 3. The summed E-state index contributed by atoms with van der Waals surface area (Å²) in [4.78, 5) is 15.8. The molecule has 0 radical (unpaired) electrons. The van der Waals surface area contributed by atoms with Crippen LogP contribution in [0.4, 0.5) is 11.6 Å². The molecule has 0 saturated carbocycles. The number of rotatable bonds is 4. The Morgan fingerprint density at radius 2 is 2.04 bits per heavy atom. The second-order valence-electron chi connectivity index (χ2n) is 6.21. The van der Waals surface area contributed by atoms with Gasteiger partial charge in [-0.05, 0) is 36.6 Å². The van der Waals surface area contributed by atoms with Gasteiger partial charge in [0.2, 0.25) is 0 Å². The van der Waals surface area contributed by atoms with E-state index < -0.39 is 0 Å². The Labute approximate surface area is 146 Å².